The van der Waals surface area contributed by atoms with Crippen LogP contribution in [0.2, 0.25) is 0 Å². The van der Waals surface area contributed by atoms with Crippen molar-refractivity contribution < 1.29 is 0 Å². The summed E-state index contributed by atoms with van der Waals surface area (Å²) in [5.41, 5.74) is 0.997. The summed E-state index contributed by atoms with van der Waals surface area (Å²) in [5.74, 6) is 2.35. The van der Waals surface area contributed by atoms with E-state index in [2.05, 4.69) is 68.0 Å². The van der Waals surface area contributed by atoms with Crippen LogP contribution < -0.4 is 0 Å². The van der Waals surface area contributed by atoms with Crippen molar-refractivity contribution in [1.29, 1.82) is 0 Å². The Morgan fingerprint density at radius 3 is 1.92 bits per heavy atom. The van der Waals surface area contributed by atoms with E-state index in [0.29, 0.717) is 10.8 Å². The average molecular weight is 337 g/mol. The lowest BCUT2D eigenvalue weighted by Gasteiger charge is -2.44. The fourth-order valence-electron chi connectivity index (χ4n) is 4.78. The largest absolute Gasteiger partial charge is 0.103 e. The first kappa shape index (κ1) is 23.7. The van der Waals surface area contributed by atoms with E-state index in [0.717, 1.165) is 24.2 Å². The molecule has 0 spiro atoms. The van der Waals surface area contributed by atoms with E-state index in [4.69, 9.17) is 0 Å². The maximum absolute atomic E-state index is 3.94. The molecule has 0 N–H and O–H groups in total. The van der Waals surface area contributed by atoms with Crippen LogP contribution in [0.25, 0.3) is 0 Å². The van der Waals surface area contributed by atoms with Gasteiger partial charge in [0.15, 0.2) is 0 Å². The first-order valence-corrected chi connectivity index (χ1v) is 10.8. The number of unbranched alkanes of at least 4 members (excludes halogenated alkanes) is 2. The Morgan fingerprint density at radius 2 is 1.46 bits per heavy atom. The van der Waals surface area contributed by atoms with Crippen LogP contribution in [-0.2, 0) is 0 Å². The van der Waals surface area contributed by atoms with Crippen molar-refractivity contribution in [2.75, 3.05) is 0 Å². The van der Waals surface area contributed by atoms with Crippen molar-refractivity contribution in [2.45, 2.75) is 113 Å². The summed E-state index contributed by atoms with van der Waals surface area (Å²) < 4.78 is 0. The van der Waals surface area contributed by atoms with Crippen LogP contribution in [0, 0.1) is 28.6 Å². The van der Waals surface area contributed by atoms with Crippen molar-refractivity contribution >= 4 is 0 Å². The molecule has 0 heteroatoms. The van der Waals surface area contributed by atoms with Gasteiger partial charge in [0.1, 0.15) is 0 Å². The molecule has 0 aromatic carbocycles. The molecule has 0 aromatic rings. The van der Waals surface area contributed by atoms with Crippen LogP contribution in [0.3, 0.4) is 0 Å². The Morgan fingerprint density at radius 1 is 0.875 bits per heavy atom. The van der Waals surface area contributed by atoms with Gasteiger partial charge in [0.2, 0.25) is 0 Å². The van der Waals surface area contributed by atoms with Gasteiger partial charge in [-0.05, 0) is 54.3 Å². The molecule has 0 radical (unpaired) electrons. The van der Waals surface area contributed by atoms with Crippen molar-refractivity contribution in [3.63, 3.8) is 0 Å². The number of allylic oxidation sites excluding steroid dienone is 1. The predicted octanol–water partition coefficient (Wildman–Crippen LogP) is 8.66. The highest BCUT2D eigenvalue weighted by Gasteiger charge is 2.37. The third-order valence-electron chi connectivity index (χ3n) is 7.01. The first-order valence-electron chi connectivity index (χ1n) is 10.8. The molecule has 0 saturated heterocycles. The predicted molar refractivity (Wildman–Crippen MR) is 112 cm³/mol. The maximum Gasteiger partial charge on any atom is -0.0274 e. The summed E-state index contributed by atoms with van der Waals surface area (Å²) in [6, 6.07) is 0. The highest BCUT2D eigenvalue weighted by molar-refractivity contribution is 4.88. The standard InChI is InChI=1S/C24H48/c1-10-14-15-17-23(8,9)19-22(7)24(12-3,13-4)18-21(6)20(5)16-11-2/h11,20-22H,2,10,12-19H2,1,3-9H3. The molecule has 24 heavy (non-hydrogen) atoms. The van der Waals surface area contributed by atoms with Gasteiger partial charge in [0.25, 0.3) is 0 Å². The molecular formula is C24H48. The van der Waals surface area contributed by atoms with Crippen LogP contribution in [0.1, 0.15) is 113 Å². The van der Waals surface area contributed by atoms with E-state index in [1.54, 1.807) is 0 Å². The van der Waals surface area contributed by atoms with Crippen LogP contribution in [0.4, 0.5) is 0 Å². The lowest BCUT2D eigenvalue weighted by atomic mass is 9.61. The molecule has 0 saturated carbocycles. The van der Waals surface area contributed by atoms with E-state index in [-0.39, 0.29) is 0 Å². The molecule has 0 aromatic heterocycles. The van der Waals surface area contributed by atoms with Gasteiger partial charge in [0.05, 0.1) is 0 Å². The number of hydrogen-bond acceptors (Lipinski definition) is 0. The van der Waals surface area contributed by atoms with Gasteiger partial charge in [-0.2, -0.15) is 0 Å². The van der Waals surface area contributed by atoms with Gasteiger partial charge in [-0.3, -0.25) is 0 Å². The van der Waals surface area contributed by atoms with Gasteiger partial charge in [0, 0.05) is 0 Å². The normalized spacial score (nSPS) is 16.7. The van der Waals surface area contributed by atoms with Gasteiger partial charge >= 0.3 is 0 Å². The zero-order valence-corrected chi connectivity index (χ0v) is 18.4. The highest BCUT2D eigenvalue weighted by atomic mass is 14.4. The number of rotatable bonds is 14. The molecule has 0 bridgehead atoms. The van der Waals surface area contributed by atoms with E-state index in [1.165, 1.54) is 51.4 Å². The van der Waals surface area contributed by atoms with E-state index in [9.17, 15) is 0 Å². The van der Waals surface area contributed by atoms with Gasteiger partial charge in [-0.25, -0.2) is 0 Å². The van der Waals surface area contributed by atoms with Gasteiger partial charge in [-0.1, -0.05) is 93.6 Å². The van der Waals surface area contributed by atoms with Crippen LogP contribution in [-0.4, -0.2) is 0 Å². The molecule has 0 amide bonds. The summed E-state index contributed by atoms with van der Waals surface area (Å²) in [7, 11) is 0. The summed E-state index contributed by atoms with van der Waals surface area (Å²) in [6.45, 7) is 23.5. The first-order chi connectivity index (χ1) is 11.2. The molecule has 0 nitrogen and oxygen atoms in total. The fraction of sp³-hybridized carbons (Fsp3) is 0.917. The van der Waals surface area contributed by atoms with Gasteiger partial charge in [-0.15, -0.1) is 6.58 Å². The SMILES string of the molecule is C=CCC(C)C(C)CC(CC)(CC)C(C)CC(C)(C)CCCCC. The van der Waals surface area contributed by atoms with Crippen molar-refractivity contribution in [2.24, 2.45) is 28.6 Å². The zero-order chi connectivity index (χ0) is 18.8. The average Bonchev–Trinajstić information content (AvgIpc) is 2.52. The van der Waals surface area contributed by atoms with Crippen molar-refractivity contribution in [3.8, 4) is 0 Å². The summed E-state index contributed by atoms with van der Waals surface area (Å²) in [4.78, 5) is 0. The Balaban J connectivity index is 4.96. The topological polar surface area (TPSA) is 0 Å². The minimum absolute atomic E-state index is 0.486. The summed E-state index contributed by atoms with van der Waals surface area (Å²) in [5, 5.41) is 0. The second kappa shape index (κ2) is 11.4. The second-order valence-corrected chi connectivity index (χ2v) is 9.48. The molecule has 0 fully saturated rings. The molecule has 0 aliphatic heterocycles. The Kier molecular flexibility index (Phi) is 11.3. The van der Waals surface area contributed by atoms with Crippen molar-refractivity contribution in [3.05, 3.63) is 12.7 Å². The molecule has 0 heterocycles. The van der Waals surface area contributed by atoms with E-state index < -0.39 is 0 Å². The van der Waals surface area contributed by atoms with Gasteiger partial charge < -0.3 is 0 Å². The maximum atomic E-state index is 3.94. The summed E-state index contributed by atoms with van der Waals surface area (Å²) >= 11 is 0. The van der Waals surface area contributed by atoms with Crippen LogP contribution in [0.15, 0.2) is 12.7 Å². The molecule has 3 unspecified atom stereocenters. The second-order valence-electron chi connectivity index (χ2n) is 9.48. The lowest BCUT2D eigenvalue weighted by molar-refractivity contribution is 0.0651. The quantitative estimate of drug-likeness (QED) is 0.220. The molecular weight excluding hydrogens is 288 g/mol. The Hall–Kier alpha value is -0.260. The highest BCUT2D eigenvalue weighted by Crippen LogP contribution is 2.48. The fourth-order valence-corrected chi connectivity index (χ4v) is 4.78. The third kappa shape index (κ3) is 7.75. The smallest absolute Gasteiger partial charge is 0.0274 e. The molecule has 0 aliphatic rings. The van der Waals surface area contributed by atoms with E-state index in [1.807, 2.05) is 0 Å². The van der Waals surface area contributed by atoms with Crippen LogP contribution in [0.5, 0.6) is 0 Å². The molecule has 144 valence electrons. The Bertz CT molecular complexity index is 321. The van der Waals surface area contributed by atoms with Crippen LogP contribution >= 0.6 is 0 Å². The third-order valence-corrected chi connectivity index (χ3v) is 7.01. The van der Waals surface area contributed by atoms with E-state index >= 15 is 0 Å². The summed E-state index contributed by atoms with van der Waals surface area (Å²) in [6.07, 6.45) is 14.1. The van der Waals surface area contributed by atoms with Crippen molar-refractivity contribution in [1.82, 2.24) is 0 Å². The molecule has 0 aliphatic carbocycles. The number of hydrogen-bond donors (Lipinski definition) is 0. The Labute approximate surface area is 154 Å². The molecule has 3 atom stereocenters. The lowest BCUT2D eigenvalue weighted by Crippen LogP contribution is -2.34. The minimum Gasteiger partial charge on any atom is -0.103 e. The zero-order valence-electron chi connectivity index (χ0n) is 18.4. The monoisotopic (exact) mass is 336 g/mol. The molecule has 0 rings (SSSR count). The minimum atomic E-state index is 0.486.